The van der Waals surface area contributed by atoms with Crippen molar-refractivity contribution in [1.82, 2.24) is 44.9 Å². The van der Waals surface area contributed by atoms with Gasteiger partial charge in [0.05, 0.1) is 13.2 Å². The van der Waals surface area contributed by atoms with Gasteiger partial charge in [0.25, 0.3) is 0 Å². The molecule has 3 rings (SSSR count). The van der Waals surface area contributed by atoms with Crippen LogP contribution in [-0.4, -0.2) is 95.0 Å². The topological polar surface area (TPSA) is 221 Å². The highest BCUT2D eigenvalue weighted by Gasteiger charge is 2.18. The number of methoxy groups -OCH3 is 1. The van der Waals surface area contributed by atoms with Crippen LogP contribution in [0.5, 0.6) is 6.01 Å². The molecule has 0 aliphatic carbocycles. The van der Waals surface area contributed by atoms with Crippen molar-refractivity contribution in [3.63, 3.8) is 0 Å². The van der Waals surface area contributed by atoms with Crippen LogP contribution in [0.15, 0.2) is 5.16 Å². The molecule has 0 aliphatic heterocycles. The van der Waals surface area contributed by atoms with Crippen LogP contribution in [0.1, 0.15) is 69.2 Å². The monoisotopic (exact) mass is 692 g/mol. The summed E-state index contributed by atoms with van der Waals surface area (Å²) in [7, 11) is 1.54. The predicted octanol–water partition coefficient (Wildman–Crippen LogP) is 5.04. The number of nitriles is 1. The Bertz CT molecular complexity index is 1380. The van der Waals surface area contributed by atoms with Crippen LogP contribution in [0, 0.1) is 11.3 Å². The highest BCUT2D eigenvalue weighted by molar-refractivity contribution is 7.98. The molecule has 19 heteroatoms. The van der Waals surface area contributed by atoms with E-state index in [0.717, 1.165) is 11.7 Å². The van der Waals surface area contributed by atoms with Gasteiger partial charge in [0.2, 0.25) is 41.0 Å². The Morgan fingerprint density at radius 2 is 1.11 bits per heavy atom. The highest BCUT2D eigenvalue weighted by Crippen LogP contribution is 2.15. The van der Waals surface area contributed by atoms with Gasteiger partial charge in [0, 0.05) is 31.2 Å². The fraction of sp³-hybridized carbons (Fsp3) is 0.643. The first kappa shape index (κ1) is 40.8. The molecule has 0 spiro atoms. The molecule has 0 aromatic carbocycles. The van der Waals surface area contributed by atoms with Crippen LogP contribution in [-0.2, 0) is 0 Å². The molecule has 6 N–H and O–H groups in total. The first-order valence-electron chi connectivity index (χ1n) is 15.1. The predicted molar refractivity (Wildman–Crippen MR) is 191 cm³/mol. The minimum Gasteiger partial charge on any atom is -0.467 e. The summed E-state index contributed by atoms with van der Waals surface area (Å²) in [5.74, 6) is 2.96. The first-order valence-corrected chi connectivity index (χ1v) is 16.7. The van der Waals surface area contributed by atoms with Crippen molar-refractivity contribution < 1.29 is 4.74 Å². The molecule has 0 unspecified atom stereocenters. The lowest BCUT2D eigenvalue weighted by molar-refractivity contribution is 0.379. The summed E-state index contributed by atoms with van der Waals surface area (Å²) in [6.45, 7) is 21.0. The number of hydrogen-bond donors (Lipinski definition) is 6. The molecule has 0 radical (unpaired) electrons. The zero-order valence-corrected chi connectivity index (χ0v) is 30.9. The van der Waals surface area contributed by atoms with Crippen LogP contribution in [0.3, 0.4) is 0 Å². The molecule has 3 heterocycles. The smallest absolute Gasteiger partial charge is 0.322 e. The summed E-state index contributed by atoms with van der Waals surface area (Å²) in [4.78, 5) is 37.1. The molecule has 0 saturated carbocycles. The van der Waals surface area contributed by atoms with Gasteiger partial charge in [-0.1, -0.05) is 11.8 Å². The SMILES string of the molecule is CCNc1nc(Cl)nc(NC(C)(C)C#N)n1.CCNc1nc(NC(C)C)nc(SC)n1.COc1nc(NC(C)C)nc(NC(C)C)n1. The summed E-state index contributed by atoms with van der Waals surface area (Å²) in [6.07, 6.45) is 1.95. The Kier molecular flexibility index (Phi) is 18.0. The maximum absolute atomic E-state index is 8.87. The number of nitrogens with zero attached hydrogens (tertiary/aromatic N) is 10. The number of thioether (sulfide) groups is 1. The lowest BCUT2D eigenvalue weighted by Gasteiger charge is -2.17. The largest absolute Gasteiger partial charge is 0.467 e. The van der Waals surface area contributed by atoms with Crippen LogP contribution >= 0.6 is 23.4 Å². The van der Waals surface area contributed by atoms with Crippen molar-refractivity contribution in [3.8, 4) is 12.1 Å². The molecule has 3 aromatic rings. The van der Waals surface area contributed by atoms with Gasteiger partial charge in [0.1, 0.15) is 5.54 Å². The Hall–Kier alpha value is -4.24. The third-order valence-corrected chi connectivity index (χ3v) is 5.55. The van der Waals surface area contributed by atoms with E-state index in [1.165, 1.54) is 18.9 Å². The molecular formula is C28H49ClN16OS. The van der Waals surface area contributed by atoms with Crippen molar-refractivity contribution in [1.29, 1.82) is 5.26 Å². The van der Waals surface area contributed by atoms with Crippen molar-refractivity contribution in [2.45, 2.75) is 98.1 Å². The summed E-state index contributed by atoms with van der Waals surface area (Å²) < 4.78 is 5.02. The van der Waals surface area contributed by atoms with E-state index in [1.807, 2.05) is 47.8 Å². The van der Waals surface area contributed by atoms with Gasteiger partial charge in [-0.2, -0.15) is 50.1 Å². The minimum atomic E-state index is -0.756. The third-order valence-electron chi connectivity index (χ3n) is 4.83. The first-order chi connectivity index (χ1) is 22.1. The highest BCUT2D eigenvalue weighted by atomic mass is 35.5. The van der Waals surface area contributed by atoms with Gasteiger partial charge >= 0.3 is 6.01 Å². The fourth-order valence-electron chi connectivity index (χ4n) is 3.05. The van der Waals surface area contributed by atoms with Gasteiger partial charge in [-0.3, -0.25) is 0 Å². The standard InChI is InChI=1S/C10H19N5O.C9H13ClN6.C9H17N5S/c1-6(2)11-8-13-9(12-7(3)4)15-10(14-8)16-5;1-4-12-7-13-6(10)14-8(15-7)16-9(2,3)5-11;1-5-10-7-12-8(11-6(2)3)14-9(13-7)15-4/h6-7H,1-5H3,(H2,11,12,13,14,15);4H2,1-3H3,(H2,12,13,14,15,16);6H,5H2,1-4H3,(H2,10,11,12,13,14). The number of nitrogens with one attached hydrogen (secondary N) is 6. The number of aromatic nitrogens is 9. The van der Waals surface area contributed by atoms with Crippen LogP contribution in [0.4, 0.5) is 35.7 Å². The van der Waals surface area contributed by atoms with Crippen molar-refractivity contribution in [2.24, 2.45) is 0 Å². The average Bonchev–Trinajstić information content (AvgIpc) is 2.96. The molecule has 0 amide bonds. The number of ether oxygens (including phenoxy) is 1. The summed E-state index contributed by atoms with van der Waals surface area (Å²) in [5, 5.41) is 27.9. The molecule has 3 aromatic heterocycles. The average molecular weight is 693 g/mol. The van der Waals surface area contributed by atoms with E-state index >= 15 is 0 Å². The van der Waals surface area contributed by atoms with Crippen molar-refractivity contribution in [2.75, 3.05) is 58.4 Å². The quantitative estimate of drug-likeness (QED) is 0.122. The van der Waals surface area contributed by atoms with E-state index in [4.69, 9.17) is 21.6 Å². The number of anilines is 6. The second kappa shape index (κ2) is 20.8. The third kappa shape index (κ3) is 17.3. The van der Waals surface area contributed by atoms with E-state index in [1.54, 1.807) is 13.8 Å². The van der Waals surface area contributed by atoms with Gasteiger partial charge in [-0.15, -0.1) is 0 Å². The molecular weight excluding hydrogens is 644 g/mol. The Labute approximate surface area is 287 Å². The van der Waals surface area contributed by atoms with Crippen LogP contribution < -0.4 is 36.6 Å². The van der Waals surface area contributed by atoms with E-state index < -0.39 is 5.54 Å². The van der Waals surface area contributed by atoms with Gasteiger partial charge in [0.15, 0.2) is 5.16 Å². The molecule has 260 valence electrons. The molecule has 0 saturated heterocycles. The summed E-state index contributed by atoms with van der Waals surface area (Å²) in [5.41, 5.74) is -0.756. The maximum Gasteiger partial charge on any atom is 0.322 e. The van der Waals surface area contributed by atoms with Gasteiger partial charge in [-0.25, -0.2) is 0 Å². The number of rotatable bonds is 14. The zero-order valence-electron chi connectivity index (χ0n) is 29.3. The Morgan fingerprint density at radius 3 is 1.53 bits per heavy atom. The molecule has 0 fully saturated rings. The second-order valence-corrected chi connectivity index (χ2v) is 12.1. The normalized spacial score (nSPS) is 10.6. The van der Waals surface area contributed by atoms with E-state index in [0.29, 0.717) is 48.3 Å². The van der Waals surface area contributed by atoms with Crippen molar-refractivity contribution >= 4 is 59.1 Å². The molecule has 47 heavy (non-hydrogen) atoms. The Balaban J connectivity index is 0.000000353. The zero-order chi connectivity index (χ0) is 35.6. The molecule has 0 atom stereocenters. The lowest BCUT2D eigenvalue weighted by atomic mass is 10.1. The van der Waals surface area contributed by atoms with E-state index in [9.17, 15) is 0 Å². The second-order valence-electron chi connectivity index (χ2n) is 11.0. The van der Waals surface area contributed by atoms with Gasteiger partial charge < -0.3 is 36.6 Å². The van der Waals surface area contributed by atoms with Crippen LogP contribution in [0.2, 0.25) is 5.28 Å². The summed E-state index contributed by atoms with van der Waals surface area (Å²) in [6, 6.07) is 3.23. The van der Waals surface area contributed by atoms with Crippen LogP contribution in [0.25, 0.3) is 0 Å². The molecule has 17 nitrogen and oxygen atoms in total. The lowest BCUT2D eigenvalue weighted by Crippen LogP contribution is -2.29. The van der Waals surface area contributed by atoms with E-state index in [2.05, 4.69) is 96.7 Å². The fourth-order valence-corrected chi connectivity index (χ4v) is 3.57. The van der Waals surface area contributed by atoms with Crippen molar-refractivity contribution in [3.05, 3.63) is 5.28 Å². The molecule has 0 bridgehead atoms. The number of halogens is 1. The maximum atomic E-state index is 8.87. The van der Waals surface area contributed by atoms with E-state index in [-0.39, 0.29) is 23.3 Å². The molecule has 0 aliphatic rings. The minimum absolute atomic E-state index is 0.0854. The Morgan fingerprint density at radius 1 is 0.702 bits per heavy atom. The summed E-state index contributed by atoms with van der Waals surface area (Å²) >= 11 is 7.24. The van der Waals surface area contributed by atoms with Gasteiger partial charge in [-0.05, 0) is 87.1 Å². The number of hydrogen-bond acceptors (Lipinski definition) is 18.